The van der Waals surface area contributed by atoms with Crippen LogP contribution in [0.2, 0.25) is 0 Å². The number of hydrogen-bond acceptors (Lipinski definition) is 4. The smallest absolute Gasteiger partial charge is 0.147 e. The van der Waals surface area contributed by atoms with E-state index in [1.807, 2.05) is 83.9 Å². The highest BCUT2D eigenvalue weighted by atomic mass is 16.1. The second-order valence-corrected chi connectivity index (χ2v) is 6.42. The van der Waals surface area contributed by atoms with E-state index >= 15 is 0 Å². The van der Waals surface area contributed by atoms with Gasteiger partial charge in [-0.05, 0) is 53.6 Å². The summed E-state index contributed by atoms with van der Waals surface area (Å²) < 4.78 is 0. The lowest BCUT2D eigenvalue weighted by molar-refractivity contribution is -0.108. The Hall–Kier alpha value is -3.79. The number of aldehydes is 1. The maximum absolute atomic E-state index is 12.1. The monoisotopic (exact) mass is 365 g/mol. The van der Waals surface area contributed by atoms with E-state index in [1.54, 1.807) is 12.4 Å². The lowest BCUT2D eigenvalue weighted by atomic mass is 9.90. The van der Waals surface area contributed by atoms with Gasteiger partial charge in [-0.3, -0.25) is 9.97 Å². The minimum absolute atomic E-state index is 0.496. The van der Waals surface area contributed by atoms with Gasteiger partial charge in [0, 0.05) is 29.9 Å². The number of rotatable bonds is 5. The van der Waals surface area contributed by atoms with E-state index < -0.39 is 6.04 Å². The van der Waals surface area contributed by atoms with Crippen LogP contribution in [0.15, 0.2) is 104 Å². The molecular formula is C24H19N3O. The number of hydrogen-bond donors (Lipinski definition) is 0. The van der Waals surface area contributed by atoms with Crippen LogP contribution in [-0.2, 0) is 4.79 Å². The summed E-state index contributed by atoms with van der Waals surface area (Å²) in [5.74, 6) is 0. The molecule has 4 heteroatoms. The molecule has 0 fully saturated rings. The van der Waals surface area contributed by atoms with Crippen molar-refractivity contribution in [3.63, 3.8) is 0 Å². The molecule has 1 unspecified atom stereocenters. The molecule has 4 nitrogen and oxygen atoms in total. The molecular weight excluding hydrogens is 346 g/mol. The van der Waals surface area contributed by atoms with Crippen LogP contribution in [0.1, 0.15) is 11.4 Å². The van der Waals surface area contributed by atoms with Crippen LogP contribution in [-0.4, -0.2) is 22.3 Å². The van der Waals surface area contributed by atoms with Gasteiger partial charge in [0.05, 0.1) is 11.4 Å². The molecule has 136 valence electrons. The highest BCUT2D eigenvalue weighted by Crippen LogP contribution is 2.35. The lowest BCUT2D eigenvalue weighted by Crippen LogP contribution is -2.36. The Morgan fingerprint density at radius 3 is 2.29 bits per heavy atom. The molecule has 2 aromatic heterocycles. The Morgan fingerprint density at radius 1 is 0.929 bits per heavy atom. The van der Waals surface area contributed by atoms with Crippen molar-refractivity contribution in [3.05, 3.63) is 115 Å². The van der Waals surface area contributed by atoms with Crippen molar-refractivity contribution in [2.24, 2.45) is 0 Å². The first kappa shape index (κ1) is 17.6. The van der Waals surface area contributed by atoms with Crippen molar-refractivity contribution < 1.29 is 4.79 Å². The highest BCUT2D eigenvalue weighted by molar-refractivity contribution is 5.93. The van der Waals surface area contributed by atoms with Crippen molar-refractivity contribution in [1.29, 1.82) is 0 Å². The molecule has 0 saturated heterocycles. The van der Waals surface area contributed by atoms with Crippen LogP contribution < -0.4 is 4.90 Å². The Bertz CT molecular complexity index is 1040. The van der Waals surface area contributed by atoms with Gasteiger partial charge in [-0.15, -0.1) is 0 Å². The summed E-state index contributed by atoms with van der Waals surface area (Å²) in [5.41, 5.74) is 4.94. The van der Waals surface area contributed by atoms with Crippen molar-refractivity contribution in [2.45, 2.75) is 6.04 Å². The van der Waals surface area contributed by atoms with E-state index in [4.69, 9.17) is 0 Å². The Kier molecular flexibility index (Phi) is 4.93. The molecule has 0 saturated carbocycles. The first-order valence-corrected chi connectivity index (χ1v) is 9.02. The molecule has 3 heterocycles. The second kappa shape index (κ2) is 7.84. The standard InChI is InChI=1S/C24H19N3O/c1-18(22-11-5-7-13-25-22)21-15-19(23-12-6-8-14-26-23)16-27(24(21)17-28)20-9-3-2-4-10-20/h2-17,24H,1H2. The summed E-state index contributed by atoms with van der Waals surface area (Å²) in [7, 11) is 0. The van der Waals surface area contributed by atoms with Crippen LogP contribution in [0, 0.1) is 0 Å². The number of carbonyl (C=O) groups is 1. The van der Waals surface area contributed by atoms with Gasteiger partial charge in [-0.25, -0.2) is 0 Å². The molecule has 0 aliphatic carbocycles. The van der Waals surface area contributed by atoms with Gasteiger partial charge in [0.1, 0.15) is 12.3 Å². The first-order valence-electron chi connectivity index (χ1n) is 9.02. The Morgan fingerprint density at radius 2 is 1.64 bits per heavy atom. The molecule has 0 radical (unpaired) electrons. The van der Waals surface area contributed by atoms with E-state index in [0.717, 1.165) is 40.1 Å². The Labute approximate surface area is 164 Å². The molecule has 3 aromatic rings. The average molecular weight is 365 g/mol. The summed E-state index contributed by atoms with van der Waals surface area (Å²) in [6.45, 7) is 4.24. The SMILES string of the molecule is C=C(C1=CC(c2ccccn2)=CN(c2ccccc2)C1C=O)c1ccccn1. The summed E-state index contributed by atoms with van der Waals surface area (Å²) in [6.07, 6.45) is 8.38. The number of pyridine rings is 2. The van der Waals surface area contributed by atoms with Crippen molar-refractivity contribution in [1.82, 2.24) is 9.97 Å². The fourth-order valence-electron chi connectivity index (χ4n) is 3.27. The molecule has 4 rings (SSSR count). The van der Waals surface area contributed by atoms with E-state index in [1.165, 1.54) is 0 Å². The number of anilines is 1. The molecule has 1 aliphatic heterocycles. The normalized spacial score (nSPS) is 16.1. The van der Waals surface area contributed by atoms with Crippen LogP contribution in [0.4, 0.5) is 5.69 Å². The second-order valence-electron chi connectivity index (χ2n) is 6.42. The molecule has 0 bridgehead atoms. The van der Waals surface area contributed by atoms with Crippen molar-refractivity contribution >= 4 is 23.1 Å². The van der Waals surface area contributed by atoms with Gasteiger partial charge in [0.15, 0.2) is 0 Å². The largest absolute Gasteiger partial charge is 0.333 e. The van der Waals surface area contributed by atoms with Crippen LogP contribution in [0.25, 0.3) is 11.1 Å². The van der Waals surface area contributed by atoms with Crippen molar-refractivity contribution in [2.75, 3.05) is 4.90 Å². The third kappa shape index (κ3) is 3.40. The topological polar surface area (TPSA) is 46.1 Å². The molecule has 1 aromatic carbocycles. The molecule has 28 heavy (non-hydrogen) atoms. The minimum atomic E-state index is -0.496. The van der Waals surface area contributed by atoms with Gasteiger partial charge in [0.2, 0.25) is 0 Å². The Balaban J connectivity index is 1.85. The zero-order valence-corrected chi connectivity index (χ0v) is 15.3. The van der Waals surface area contributed by atoms with Gasteiger partial charge in [-0.1, -0.05) is 36.9 Å². The fourth-order valence-corrected chi connectivity index (χ4v) is 3.27. The van der Waals surface area contributed by atoms with Gasteiger partial charge in [0.25, 0.3) is 0 Å². The molecule has 0 N–H and O–H groups in total. The number of carbonyl (C=O) groups excluding carboxylic acids is 1. The summed E-state index contributed by atoms with van der Waals surface area (Å²) >= 11 is 0. The quantitative estimate of drug-likeness (QED) is 0.623. The number of benzene rings is 1. The van der Waals surface area contributed by atoms with E-state index in [0.29, 0.717) is 0 Å². The molecule has 1 aliphatic rings. The zero-order chi connectivity index (χ0) is 19.3. The van der Waals surface area contributed by atoms with Crippen LogP contribution in [0.3, 0.4) is 0 Å². The first-order chi connectivity index (χ1) is 13.8. The van der Waals surface area contributed by atoms with Crippen molar-refractivity contribution in [3.8, 4) is 0 Å². The molecule has 0 amide bonds. The van der Waals surface area contributed by atoms with E-state index in [9.17, 15) is 4.79 Å². The number of allylic oxidation sites excluding steroid dienone is 2. The molecule has 1 atom stereocenters. The highest BCUT2D eigenvalue weighted by Gasteiger charge is 2.28. The predicted octanol–water partition coefficient (Wildman–Crippen LogP) is 4.55. The summed E-state index contributed by atoms with van der Waals surface area (Å²) in [6, 6.07) is 20.8. The molecule has 0 spiro atoms. The third-order valence-corrected chi connectivity index (χ3v) is 4.67. The number of nitrogens with zero attached hydrogens (tertiary/aromatic N) is 3. The average Bonchev–Trinajstić information content (AvgIpc) is 2.79. The van der Waals surface area contributed by atoms with Crippen LogP contribution >= 0.6 is 0 Å². The van der Waals surface area contributed by atoms with Crippen LogP contribution in [0.5, 0.6) is 0 Å². The van der Waals surface area contributed by atoms with Gasteiger partial charge < -0.3 is 9.69 Å². The number of para-hydroxylation sites is 1. The zero-order valence-electron chi connectivity index (χ0n) is 15.3. The fraction of sp³-hybridized carbons (Fsp3) is 0.0417. The third-order valence-electron chi connectivity index (χ3n) is 4.67. The minimum Gasteiger partial charge on any atom is -0.333 e. The van der Waals surface area contributed by atoms with Gasteiger partial charge >= 0.3 is 0 Å². The maximum atomic E-state index is 12.1. The summed E-state index contributed by atoms with van der Waals surface area (Å²) in [5, 5.41) is 0. The number of aromatic nitrogens is 2. The van der Waals surface area contributed by atoms with E-state index in [-0.39, 0.29) is 0 Å². The summed E-state index contributed by atoms with van der Waals surface area (Å²) in [4.78, 5) is 23.0. The predicted molar refractivity (Wildman–Crippen MR) is 112 cm³/mol. The van der Waals surface area contributed by atoms with Gasteiger partial charge in [-0.2, -0.15) is 0 Å². The lowest BCUT2D eigenvalue weighted by Gasteiger charge is -2.33. The van der Waals surface area contributed by atoms with E-state index in [2.05, 4.69) is 16.5 Å². The maximum Gasteiger partial charge on any atom is 0.147 e.